The predicted octanol–water partition coefficient (Wildman–Crippen LogP) is 4.02. The highest BCUT2D eigenvalue weighted by molar-refractivity contribution is 9.10. The molecule has 1 rings (SSSR count). The SMILES string of the molecule is CC1(Br)CCCCC(NP)CCCC1. The molecule has 1 atom stereocenters. The van der Waals surface area contributed by atoms with E-state index in [2.05, 4.69) is 37.3 Å². The Balaban J connectivity index is 2.34. The smallest absolute Gasteiger partial charge is 0.0229 e. The molecule has 1 unspecified atom stereocenters. The molecule has 0 aromatic heterocycles. The van der Waals surface area contributed by atoms with Crippen molar-refractivity contribution in [1.29, 1.82) is 0 Å². The van der Waals surface area contributed by atoms with Crippen molar-refractivity contribution >= 4 is 25.3 Å². The van der Waals surface area contributed by atoms with Gasteiger partial charge in [0.1, 0.15) is 0 Å². The van der Waals surface area contributed by atoms with Gasteiger partial charge in [0.2, 0.25) is 0 Å². The zero-order valence-corrected chi connectivity index (χ0v) is 11.9. The molecule has 1 nitrogen and oxygen atoms in total. The van der Waals surface area contributed by atoms with E-state index < -0.39 is 0 Å². The van der Waals surface area contributed by atoms with Gasteiger partial charge in [-0.1, -0.05) is 51.0 Å². The van der Waals surface area contributed by atoms with Crippen molar-refractivity contribution in [2.45, 2.75) is 68.7 Å². The predicted molar refractivity (Wildman–Crippen MR) is 70.9 cm³/mol. The van der Waals surface area contributed by atoms with Crippen molar-refractivity contribution in [2.75, 3.05) is 0 Å². The Hall–Kier alpha value is 0.870. The van der Waals surface area contributed by atoms with Crippen LogP contribution in [0.25, 0.3) is 0 Å². The van der Waals surface area contributed by atoms with Crippen LogP contribution < -0.4 is 5.09 Å². The van der Waals surface area contributed by atoms with Gasteiger partial charge >= 0.3 is 0 Å². The quantitative estimate of drug-likeness (QED) is 0.565. The topological polar surface area (TPSA) is 12.0 Å². The number of rotatable bonds is 1. The van der Waals surface area contributed by atoms with Crippen molar-refractivity contribution in [3.05, 3.63) is 0 Å². The summed E-state index contributed by atoms with van der Waals surface area (Å²) < 4.78 is 0.411. The molecule has 0 heterocycles. The second-order valence-corrected chi connectivity index (χ2v) is 7.02. The average Bonchev–Trinajstić information content (AvgIpc) is 2.15. The first kappa shape index (κ1) is 12.9. The van der Waals surface area contributed by atoms with E-state index in [1.165, 1.54) is 51.4 Å². The molecule has 0 radical (unpaired) electrons. The first-order valence-electron chi connectivity index (χ1n) is 5.79. The van der Waals surface area contributed by atoms with E-state index in [1.54, 1.807) is 0 Å². The van der Waals surface area contributed by atoms with Crippen molar-refractivity contribution in [2.24, 2.45) is 0 Å². The highest BCUT2D eigenvalue weighted by Crippen LogP contribution is 2.32. The molecule has 3 heteroatoms. The van der Waals surface area contributed by atoms with Crippen molar-refractivity contribution in [3.8, 4) is 0 Å². The average molecular weight is 280 g/mol. The van der Waals surface area contributed by atoms with Crippen LogP contribution in [-0.4, -0.2) is 10.4 Å². The summed E-state index contributed by atoms with van der Waals surface area (Å²) >= 11 is 3.85. The number of halogens is 1. The number of nitrogens with one attached hydrogen (secondary N) is 1. The molecule has 1 aliphatic rings. The Morgan fingerprint density at radius 2 is 1.64 bits per heavy atom. The molecule has 1 saturated carbocycles. The van der Waals surface area contributed by atoms with Crippen molar-refractivity contribution in [3.63, 3.8) is 0 Å². The lowest BCUT2D eigenvalue weighted by molar-refractivity contribution is 0.415. The van der Waals surface area contributed by atoms with Gasteiger partial charge in [-0.2, -0.15) is 0 Å². The Morgan fingerprint density at radius 1 is 1.14 bits per heavy atom. The summed E-state index contributed by atoms with van der Waals surface area (Å²) in [7, 11) is 2.67. The van der Waals surface area contributed by atoms with Crippen LogP contribution in [0.3, 0.4) is 0 Å². The van der Waals surface area contributed by atoms with Gasteiger partial charge in [0.25, 0.3) is 0 Å². The number of hydrogen-bond donors (Lipinski definition) is 1. The molecule has 0 aliphatic heterocycles. The van der Waals surface area contributed by atoms with Gasteiger partial charge in [0.05, 0.1) is 0 Å². The van der Waals surface area contributed by atoms with Crippen LogP contribution in [0.15, 0.2) is 0 Å². The zero-order valence-electron chi connectivity index (χ0n) is 9.19. The van der Waals surface area contributed by atoms with E-state index in [-0.39, 0.29) is 0 Å². The third-order valence-corrected chi connectivity index (χ3v) is 4.50. The summed E-state index contributed by atoms with van der Waals surface area (Å²) in [4.78, 5) is 0. The monoisotopic (exact) mass is 279 g/mol. The molecule has 1 fully saturated rings. The molecular weight excluding hydrogens is 257 g/mol. The fraction of sp³-hybridized carbons (Fsp3) is 1.00. The summed E-state index contributed by atoms with van der Waals surface area (Å²) in [6.07, 6.45) is 10.8. The Bertz CT molecular complexity index is 147. The van der Waals surface area contributed by atoms with Gasteiger partial charge in [0, 0.05) is 10.4 Å². The van der Waals surface area contributed by atoms with E-state index in [1.807, 2.05) is 0 Å². The summed E-state index contributed by atoms with van der Waals surface area (Å²) in [5.74, 6) is 0. The van der Waals surface area contributed by atoms with Crippen LogP contribution in [0, 0.1) is 0 Å². The molecule has 0 aromatic carbocycles. The maximum atomic E-state index is 3.85. The number of hydrogen-bond acceptors (Lipinski definition) is 1. The fourth-order valence-electron chi connectivity index (χ4n) is 2.20. The maximum Gasteiger partial charge on any atom is 0.0229 e. The fourth-order valence-corrected chi connectivity index (χ4v) is 3.10. The normalized spacial score (nSPS) is 36.6. The zero-order chi connectivity index (χ0) is 10.4. The van der Waals surface area contributed by atoms with Gasteiger partial charge in [-0.25, -0.2) is 0 Å². The molecule has 0 bridgehead atoms. The summed E-state index contributed by atoms with van der Waals surface area (Å²) in [5, 5.41) is 3.35. The van der Waals surface area contributed by atoms with Crippen LogP contribution in [0.2, 0.25) is 0 Å². The van der Waals surface area contributed by atoms with E-state index >= 15 is 0 Å². The third-order valence-electron chi connectivity index (χ3n) is 3.24. The van der Waals surface area contributed by atoms with Crippen LogP contribution in [-0.2, 0) is 0 Å². The van der Waals surface area contributed by atoms with E-state index in [0.717, 1.165) is 6.04 Å². The molecule has 1 aliphatic carbocycles. The molecule has 0 saturated heterocycles. The molecule has 14 heavy (non-hydrogen) atoms. The molecule has 0 aromatic rings. The Kier molecular flexibility index (Phi) is 5.96. The first-order valence-corrected chi connectivity index (χ1v) is 7.16. The minimum Gasteiger partial charge on any atom is -0.298 e. The first-order chi connectivity index (χ1) is 6.64. The molecular formula is C11H23BrNP. The molecule has 0 spiro atoms. The Labute approximate surface area is 99.2 Å². The summed E-state index contributed by atoms with van der Waals surface area (Å²) in [6, 6.07) is 0.736. The van der Waals surface area contributed by atoms with Gasteiger partial charge in [-0.15, -0.1) is 0 Å². The molecule has 1 N–H and O–H groups in total. The summed E-state index contributed by atoms with van der Waals surface area (Å²) in [5.41, 5.74) is 0. The second kappa shape index (κ2) is 6.45. The molecule has 0 amide bonds. The van der Waals surface area contributed by atoms with Crippen molar-refractivity contribution < 1.29 is 0 Å². The lowest BCUT2D eigenvalue weighted by Gasteiger charge is -2.25. The van der Waals surface area contributed by atoms with Crippen LogP contribution in [0.5, 0.6) is 0 Å². The van der Waals surface area contributed by atoms with Crippen LogP contribution in [0.4, 0.5) is 0 Å². The van der Waals surface area contributed by atoms with E-state index in [0.29, 0.717) is 4.32 Å². The summed E-state index contributed by atoms with van der Waals surface area (Å²) in [6.45, 7) is 2.35. The highest BCUT2D eigenvalue weighted by Gasteiger charge is 2.20. The maximum absolute atomic E-state index is 3.85. The lowest BCUT2D eigenvalue weighted by Crippen LogP contribution is -2.22. The number of alkyl halides is 1. The van der Waals surface area contributed by atoms with Crippen LogP contribution >= 0.6 is 25.3 Å². The third kappa shape index (κ3) is 5.09. The van der Waals surface area contributed by atoms with Gasteiger partial charge < -0.3 is 0 Å². The second-order valence-electron chi connectivity index (χ2n) is 4.77. The van der Waals surface area contributed by atoms with Gasteiger partial charge in [0.15, 0.2) is 0 Å². The standard InChI is InChI=1S/C11H23BrNP/c1-11(12)8-4-2-6-10(13-14)7-3-5-9-11/h10,13H,2-9,14H2,1H3. The van der Waals surface area contributed by atoms with E-state index in [4.69, 9.17) is 0 Å². The van der Waals surface area contributed by atoms with Gasteiger partial charge in [-0.3, -0.25) is 5.09 Å². The van der Waals surface area contributed by atoms with Gasteiger partial charge in [-0.05, 0) is 32.6 Å². The van der Waals surface area contributed by atoms with Crippen molar-refractivity contribution in [1.82, 2.24) is 5.09 Å². The minimum absolute atomic E-state index is 0.411. The minimum atomic E-state index is 0.411. The largest absolute Gasteiger partial charge is 0.298 e. The Morgan fingerprint density at radius 3 is 2.07 bits per heavy atom. The van der Waals surface area contributed by atoms with Crippen LogP contribution in [0.1, 0.15) is 58.3 Å². The lowest BCUT2D eigenvalue weighted by atomic mass is 9.92. The highest BCUT2D eigenvalue weighted by atomic mass is 79.9. The molecule has 84 valence electrons. The van der Waals surface area contributed by atoms with E-state index in [9.17, 15) is 0 Å².